The standard InChI is InChI=1S/C29H30F2N6O4S2/c1-40-20-6-8-22(30)18(12-20)14-24(38)32-28-36-34-26(42-28)11-16-4-3-5-17(10-16)27-35-37-29(43-27)33-25(39)15-19-13-21(41-2)7-9-23(19)31/h6-9,12-13,16-17H,3-5,10-11,14-15H2,1-2H3,(H,32,36,38)(H,33,37,39). The molecule has 2 amide bonds. The summed E-state index contributed by atoms with van der Waals surface area (Å²) in [6.45, 7) is 0. The van der Waals surface area contributed by atoms with Crippen LogP contribution in [0.1, 0.15) is 52.7 Å². The highest BCUT2D eigenvalue weighted by Gasteiger charge is 2.27. The number of nitrogens with one attached hydrogen (secondary N) is 2. The molecule has 0 bridgehead atoms. The molecule has 10 nitrogen and oxygen atoms in total. The molecule has 2 aromatic carbocycles. The first-order valence-electron chi connectivity index (χ1n) is 13.7. The third-order valence-corrected chi connectivity index (χ3v) is 9.07. The first-order valence-corrected chi connectivity index (χ1v) is 15.3. The Balaban J connectivity index is 1.12. The van der Waals surface area contributed by atoms with E-state index in [1.54, 1.807) is 0 Å². The Hall–Kier alpha value is -4.04. The van der Waals surface area contributed by atoms with Crippen molar-refractivity contribution < 1.29 is 27.8 Å². The number of hydrogen-bond donors (Lipinski definition) is 2. The summed E-state index contributed by atoms with van der Waals surface area (Å²) in [5.74, 6) is -0.232. The second kappa shape index (κ2) is 14.0. The van der Waals surface area contributed by atoms with Crippen LogP contribution in [-0.4, -0.2) is 46.4 Å². The van der Waals surface area contributed by atoms with Crippen molar-refractivity contribution in [1.82, 2.24) is 20.4 Å². The monoisotopic (exact) mass is 628 g/mol. The Bertz CT molecular complexity index is 1600. The van der Waals surface area contributed by atoms with Crippen LogP contribution >= 0.6 is 22.7 Å². The molecule has 2 unspecified atom stereocenters. The van der Waals surface area contributed by atoms with Crippen LogP contribution in [0.2, 0.25) is 0 Å². The third-order valence-electron chi connectivity index (χ3n) is 7.20. The maximum atomic E-state index is 14.1. The van der Waals surface area contributed by atoms with Crippen LogP contribution in [0.4, 0.5) is 19.0 Å². The molecule has 43 heavy (non-hydrogen) atoms. The molecule has 0 radical (unpaired) electrons. The minimum atomic E-state index is -0.477. The predicted molar refractivity (Wildman–Crippen MR) is 159 cm³/mol. The lowest BCUT2D eigenvalue weighted by atomic mass is 9.80. The summed E-state index contributed by atoms with van der Waals surface area (Å²) in [5.41, 5.74) is 0.474. The second-order valence-electron chi connectivity index (χ2n) is 10.2. The van der Waals surface area contributed by atoms with E-state index in [0.29, 0.717) is 34.1 Å². The quantitative estimate of drug-likeness (QED) is 0.221. The molecule has 2 heterocycles. The molecule has 2 N–H and O–H groups in total. The van der Waals surface area contributed by atoms with Crippen molar-refractivity contribution in [2.45, 2.75) is 50.9 Å². The van der Waals surface area contributed by atoms with Crippen LogP contribution in [0.5, 0.6) is 11.5 Å². The number of anilines is 2. The number of amides is 2. The molecular formula is C29H30F2N6O4S2. The number of aromatic nitrogens is 4. The number of carbonyl (C=O) groups excluding carboxylic acids is 2. The molecule has 0 saturated heterocycles. The van der Waals surface area contributed by atoms with Gasteiger partial charge in [0.2, 0.25) is 22.1 Å². The predicted octanol–water partition coefficient (Wildman–Crippen LogP) is 5.56. The molecular weight excluding hydrogens is 598 g/mol. The van der Waals surface area contributed by atoms with Gasteiger partial charge >= 0.3 is 0 Å². The Morgan fingerprint density at radius 2 is 1.42 bits per heavy atom. The number of nitrogens with zero attached hydrogens (tertiary/aromatic N) is 4. The summed E-state index contributed by atoms with van der Waals surface area (Å²) < 4.78 is 38.4. The average molecular weight is 629 g/mol. The molecule has 4 aromatic rings. The van der Waals surface area contributed by atoms with E-state index in [0.717, 1.165) is 35.7 Å². The van der Waals surface area contributed by atoms with Crippen LogP contribution in [0, 0.1) is 17.6 Å². The van der Waals surface area contributed by atoms with Gasteiger partial charge in [-0.15, -0.1) is 20.4 Å². The fraction of sp³-hybridized carbons (Fsp3) is 0.379. The van der Waals surface area contributed by atoms with Crippen molar-refractivity contribution in [2.75, 3.05) is 24.9 Å². The number of benzene rings is 2. The molecule has 1 aliphatic carbocycles. The fourth-order valence-electron chi connectivity index (χ4n) is 5.08. The van der Waals surface area contributed by atoms with E-state index in [-0.39, 0.29) is 41.7 Å². The molecule has 226 valence electrons. The largest absolute Gasteiger partial charge is 0.497 e. The van der Waals surface area contributed by atoms with Crippen molar-refractivity contribution in [1.29, 1.82) is 0 Å². The van der Waals surface area contributed by atoms with E-state index in [2.05, 4.69) is 31.0 Å². The molecule has 0 spiro atoms. The highest BCUT2D eigenvalue weighted by molar-refractivity contribution is 7.15. The molecule has 14 heteroatoms. The minimum absolute atomic E-state index is 0.147. The zero-order valence-corrected chi connectivity index (χ0v) is 25.2. The molecule has 2 aromatic heterocycles. The lowest BCUT2D eigenvalue weighted by molar-refractivity contribution is -0.116. The molecule has 5 rings (SSSR count). The van der Waals surface area contributed by atoms with Gasteiger partial charge in [0.25, 0.3) is 0 Å². The van der Waals surface area contributed by atoms with Crippen molar-refractivity contribution >= 4 is 44.8 Å². The normalized spacial score (nSPS) is 16.5. The summed E-state index contributed by atoms with van der Waals surface area (Å²) in [7, 11) is 2.96. The lowest BCUT2D eigenvalue weighted by Crippen LogP contribution is -2.16. The number of ether oxygens (including phenoxy) is 2. The van der Waals surface area contributed by atoms with Gasteiger partial charge in [0, 0.05) is 23.5 Å². The highest BCUT2D eigenvalue weighted by atomic mass is 32.1. The molecule has 1 fully saturated rings. The first kappa shape index (κ1) is 30.4. The summed E-state index contributed by atoms with van der Waals surface area (Å²) in [6.07, 6.45) is 4.31. The van der Waals surface area contributed by atoms with Gasteiger partial charge in [0.05, 0.1) is 27.1 Å². The Morgan fingerprint density at radius 1 is 0.837 bits per heavy atom. The fourth-order valence-corrected chi connectivity index (χ4v) is 6.86. The second-order valence-corrected chi connectivity index (χ2v) is 12.3. The summed E-state index contributed by atoms with van der Waals surface area (Å²) in [6, 6.07) is 8.54. The maximum absolute atomic E-state index is 14.1. The van der Waals surface area contributed by atoms with E-state index in [9.17, 15) is 18.4 Å². The van der Waals surface area contributed by atoms with Gasteiger partial charge in [-0.2, -0.15) is 0 Å². The van der Waals surface area contributed by atoms with Crippen molar-refractivity contribution in [2.24, 2.45) is 5.92 Å². The molecule has 1 saturated carbocycles. The van der Waals surface area contributed by atoms with Gasteiger partial charge in [-0.05, 0) is 61.6 Å². The topological polar surface area (TPSA) is 128 Å². The number of carbonyl (C=O) groups is 2. The van der Waals surface area contributed by atoms with Crippen LogP contribution < -0.4 is 20.1 Å². The van der Waals surface area contributed by atoms with E-state index < -0.39 is 11.6 Å². The zero-order valence-electron chi connectivity index (χ0n) is 23.6. The first-order chi connectivity index (χ1) is 20.8. The van der Waals surface area contributed by atoms with Gasteiger partial charge in [-0.1, -0.05) is 29.1 Å². The molecule has 0 aliphatic heterocycles. The van der Waals surface area contributed by atoms with Crippen molar-refractivity contribution in [3.05, 3.63) is 69.2 Å². The van der Waals surface area contributed by atoms with Crippen molar-refractivity contribution in [3.8, 4) is 11.5 Å². The number of halogens is 2. The van der Waals surface area contributed by atoms with Gasteiger partial charge < -0.3 is 20.1 Å². The summed E-state index contributed by atoms with van der Waals surface area (Å²) in [5, 5.41) is 24.7. The third kappa shape index (κ3) is 8.08. The van der Waals surface area contributed by atoms with Crippen LogP contribution in [0.3, 0.4) is 0 Å². The summed E-state index contributed by atoms with van der Waals surface area (Å²) >= 11 is 2.64. The number of methoxy groups -OCH3 is 2. The van der Waals surface area contributed by atoms with Crippen LogP contribution in [-0.2, 0) is 28.9 Å². The van der Waals surface area contributed by atoms with Gasteiger partial charge in [-0.25, -0.2) is 8.78 Å². The molecule has 2 atom stereocenters. The maximum Gasteiger partial charge on any atom is 0.230 e. The summed E-state index contributed by atoms with van der Waals surface area (Å²) in [4.78, 5) is 25.0. The van der Waals surface area contributed by atoms with E-state index in [1.807, 2.05) is 0 Å². The van der Waals surface area contributed by atoms with Gasteiger partial charge in [0.15, 0.2) is 0 Å². The minimum Gasteiger partial charge on any atom is -0.497 e. The Kier molecular flexibility index (Phi) is 9.87. The Labute approximate surface area is 254 Å². The average Bonchev–Trinajstić information content (AvgIpc) is 3.64. The number of rotatable bonds is 11. The van der Waals surface area contributed by atoms with E-state index in [4.69, 9.17) is 9.47 Å². The van der Waals surface area contributed by atoms with Crippen molar-refractivity contribution in [3.63, 3.8) is 0 Å². The highest BCUT2D eigenvalue weighted by Crippen LogP contribution is 2.40. The van der Waals surface area contributed by atoms with Gasteiger partial charge in [0.1, 0.15) is 33.1 Å². The van der Waals surface area contributed by atoms with Gasteiger partial charge in [-0.3, -0.25) is 9.59 Å². The molecule has 1 aliphatic rings. The van der Waals surface area contributed by atoms with E-state index >= 15 is 0 Å². The number of hydrogen-bond acceptors (Lipinski definition) is 10. The SMILES string of the molecule is COc1ccc(F)c(CC(=O)Nc2nnc(CC3CCCC(c4nnc(NC(=O)Cc5cc(OC)ccc5F)s4)C3)s2)c1. The van der Waals surface area contributed by atoms with E-state index in [1.165, 1.54) is 73.3 Å². The Morgan fingerprint density at radius 3 is 2.02 bits per heavy atom. The van der Waals surface area contributed by atoms with Crippen LogP contribution in [0.25, 0.3) is 0 Å². The smallest absolute Gasteiger partial charge is 0.230 e. The lowest BCUT2D eigenvalue weighted by Gasteiger charge is -2.26. The zero-order chi connectivity index (χ0) is 30.3. The van der Waals surface area contributed by atoms with Crippen LogP contribution in [0.15, 0.2) is 36.4 Å².